The molecule has 3 rings (SSSR count). The van der Waals surface area contributed by atoms with E-state index in [0.717, 1.165) is 16.7 Å². The van der Waals surface area contributed by atoms with Crippen LogP contribution in [-0.4, -0.2) is 19.6 Å². The second-order valence-corrected chi connectivity index (χ2v) is 7.69. The second kappa shape index (κ2) is 8.06. The van der Waals surface area contributed by atoms with Gasteiger partial charge in [0, 0.05) is 34.4 Å². The number of benzene rings is 2. The standard InChI is InChI=1S/C18H18Cl2N2O3S/c1-11-13-5-2-4-12(9-21-26(24)25)15(13)10-22(11)18(23)8-14-16(19)6-3-7-17(14)20/h2-7,11,21H,8-10H2,1H3,(H,24,25)/p-1/t11-/m0/s1. The number of fused-ring (bicyclic) bond motifs is 1. The molecule has 5 nitrogen and oxygen atoms in total. The first-order valence-corrected chi connectivity index (χ1v) is 9.87. The van der Waals surface area contributed by atoms with E-state index in [-0.39, 0.29) is 24.9 Å². The van der Waals surface area contributed by atoms with Crippen molar-refractivity contribution in [2.24, 2.45) is 0 Å². The highest BCUT2D eigenvalue weighted by Crippen LogP contribution is 2.36. The number of carbonyl (C=O) groups excluding carboxylic acids is 1. The number of amides is 1. The molecule has 0 saturated heterocycles. The zero-order valence-electron chi connectivity index (χ0n) is 14.0. The fraction of sp³-hybridized carbons (Fsp3) is 0.278. The van der Waals surface area contributed by atoms with Crippen molar-refractivity contribution in [3.63, 3.8) is 0 Å². The maximum Gasteiger partial charge on any atom is 0.227 e. The third-order valence-electron chi connectivity index (χ3n) is 4.65. The van der Waals surface area contributed by atoms with Gasteiger partial charge in [-0.25, -0.2) is 4.72 Å². The first kappa shape index (κ1) is 19.3. The predicted molar refractivity (Wildman–Crippen MR) is 101 cm³/mol. The van der Waals surface area contributed by atoms with Crippen molar-refractivity contribution in [2.45, 2.75) is 32.5 Å². The Hall–Kier alpha value is -1.44. The van der Waals surface area contributed by atoms with Crippen molar-refractivity contribution < 1.29 is 13.6 Å². The van der Waals surface area contributed by atoms with Crippen LogP contribution >= 0.6 is 23.2 Å². The molecule has 2 atom stereocenters. The van der Waals surface area contributed by atoms with Crippen molar-refractivity contribution in [3.05, 3.63) is 68.7 Å². The Morgan fingerprint density at radius 3 is 2.58 bits per heavy atom. The quantitative estimate of drug-likeness (QED) is 0.764. The van der Waals surface area contributed by atoms with Crippen molar-refractivity contribution in [2.75, 3.05) is 0 Å². The Balaban J connectivity index is 1.81. The molecule has 1 heterocycles. The molecule has 0 saturated carbocycles. The number of nitrogens with one attached hydrogen (secondary N) is 1. The highest BCUT2D eigenvalue weighted by Gasteiger charge is 2.32. The molecule has 1 amide bonds. The summed E-state index contributed by atoms with van der Waals surface area (Å²) in [5, 5.41) is 0.941. The average Bonchev–Trinajstić information content (AvgIpc) is 2.94. The molecule has 8 heteroatoms. The second-order valence-electron chi connectivity index (χ2n) is 6.12. The van der Waals surface area contributed by atoms with Gasteiger partial charge >= 0.3 is 0 Å². The van der Waals surface area contributed by atoms with Gasteiger partial charge in [0.2, 0.25) is 5.91 Å². The number of carbonyl (C=O) groups is 1. The van der Waals surface area contributed by atoms with Gasteiger partial charge in [-0.2, -0.15) is 0 Å². The molecule has 2 aromatic carbocycles. The SMILES string of the molecule is C[C@H]1c2cccc(CNS(=O)[O-])c2CN1C(=O)Cc1c(Cl)cccc1Cl. The topological polar surface area (TPSA) is 72.5 Å². The van der Waals surface area contributed by atoms with Crippen molar-refractivity contribution in [1.29, 1.82) is 0 Å². The van der Waals surface area contributed by atoms with E-state index in [4.69, 9.17) is 23.2 Å². The number of hydrogen-bond acceptors (Lipinski definition) is 3. The van der Waals surface area contributed by atoms with E-state index in [9.17, 15) is 13.6 Å². The third kappa shape index (κ3) is 3.94. The molecule has 1 aliphatic heterocycles. The highest BCUT2D eigenvalue weighted by atomic mass is 35.5. The van der Waals surface area contributed by atoms with Crippen molar-refractivity contribution in [3.8, 4) is 0 Å². The summed E-state index contributed by atoms with van der Waals surface area (Å²) in [6.45, 7) is 2.59. The molecule has 0 radical (unpaired) electrons. The van der Waals surface area contributed by atoms with E-state index in [0.29, 0.717) is 22.2 Å². The summed E-state index contributed by atoms with van der Waals surface area (Å²) in [6, 6.07) is 10.8. The summed E-state index contributed by atoms with van der Waals surface area (Å²) in [5.41, 5.74) is 3.49. The number of halogens is 2. The van der Waals surface area contributed by atoms with Gasteiger partial charge in [0.05, 0.1) is 12.5 Å². The Kier molecular flexibility index (Phi) is 5.99. The van der Waals surface area contributed by atoms with Gasteiger partial charge in [0.1, 0.15) is 0 Å². The normalized spacial score (nSPS) is 17.2. The molecule has 0 aliphatic carbocycles. The van der Waals surface area contributed by atoms with Crippen LogP contribution in [-0.2, 0) is 35.6 Å². The number of nitrogens with zero attached hydrogens (tertiary/aromatic N) is 1. The Morgan fingerprint density at radius 1 is 1.27 bits per heavy atom. The van der Waals surface area contributed by atoms with Crippen LogP contribution in [0.15, 0.2) is 36.4 Å². The Morgan fingerprint density at radius 2 is 1.92 bits per heavy atom. The maximum absolute atomic E-state index is 12.9. The molecule has 26 heavy (non-hydrogen) atoms. The van der Waals surface area contributed by atoms with E-state index < -0.39 is 11.3 Å². The maximum atomic E-state index is 12.9. The lowest BCUT2D eigenvalue weighted by molar-refractivity contribution is -0.132. The molecule has 1 N–H and O–H groups in total. The van der Waals surface area contributed by atoms with Gasteiger partial charge in [0.25, 0.3) is 0 Å². The first-order valence-electron chi connectivity index (χ1n) is 8.04. The van der Waals surface area contributed by atoms with Gasteiger partial charge in [-0.3, -0.25) is 9.00 Å². The van der Waals surface area contributed by atoms with Crippen LogP contribution < -0.4 is 4.72 Å². The highest BCUT2D eigenvalue weighted by molar-refractivity contribution is 7.77. The molecule has 1 aliphatic rings. The molecule has 0 aromatic heterocycles. The first-order chi connectivity index (χ1) is 12.4. The van der Waals surface area contributed by atoms with Crippen molar-refractivity contribution >= 4 is 40.4 Å². The van der Waals surface area contributed by atoms with Crippen LogP contribution in [0.1, 0.15) is 35.2 Å². The Labute approximate surface area is 164 Å². The molecule has 2 aromatic rings. The van der Waals surface area contributed by atoms with E-state index in [1.54, 1.807) is 23.1 Å². The summed E-state index contributed by atoms with van der Waals surface area (Å²) in [4.78, 5) is 14.6. The zero-order valence-corrected chi connectivity index (χ0v) is 16.3. The van der Waals surface area contributed by atoms with Gasteiger partial charge < -0.3 is 9.45 Å². The molecule has 0 bridgehead atoms. The van der Waals surface area contributed by atoms with E-state index in [1.807, 2.05) is 25.1 Å². The molecule has 138 valence electrons. The Bertz CT molecular complexity index is 855. The molecule has 1 unspecified atom stereocenters. The summed E-state index contributed by atoms with van der Waals surface area (Å²) < 4.78 is 23.9. The summed E-state index contributed by atoms with van der Waals surface area (Å²) >= 11 is 10.0. The van der Waals surface area contributed by atoms with Crippen LogP contribution in [0.25, 0.3) is 0 Å². The molecular weight excluding hydrogens is 395 g/mol. The summed E-state index contributed by atoms with van der Waals surface area (Å²) in [7, 11) is 0. The van der Waals surface area contributed by atoms with Gasteiger partial charge in [-0.15, -0.1) is 0 Å². The monoisotopic (exact) mass is 411 g/mol. The van der Waals surface area contributed by atoms with Crippen LogP contribution in [0.4, 0.5) is 0 Å². The lowest BCUT2D eigenvalue weighted by atomic mass is 10.0. The fourth-order valence-electron chi connectivity index (χ4n) is 3.27. The zero-order chi connectivity index (χ0) is 18.8. The smallest absolute Gasteiger partial charge is 0.227 e. The minimum atomic E-state index is -2.33. The third-order valence-corrected chi connectivity index (χ3v) is 5.73. The predicted octanol–water partition coefficient (Wildman–Crippen LogP) is 3.52. The van der Waals surface area contributed by atoms with Crippen LogP contribution in [0.2, 0.25) is 10.0 Å². The summed E-state index contributed by atoms with van der Waals surface area (Å²) in [5.74, 6) is -0.0741. The minimum absolute atomic E-state index is 0.0741. The minimum Gasteiger partial charge on any atom is -0.760 e. The van der Waals surface area contributed by atoms with Crippen LogP contribution in [0.3, 0.4) is 0 Å². The van der Waals surface area contributed by atoms with Crippen molar-refractivity contribution in [1.82, 2.24) is 9.62 Å². The number of hydrogen-bond donors (Lipinski definition) is 1. The molecular formula is C18H17Cl2N2O3S-. The van der Waals surface area contributed by atoms with Crippen LogP contribution in [0.5, 0.6) is 0 Å². The molecule has 0 fully saturated rings. The van der Waals surface area contributed by atoms with E-state index in [1.165, 1.54) is 0 Å². The van der Waals surface area contributed by atoms with Gasteiger partial charge in [-0.05, 0) is 41.3 Å². The lowest BCUT2D eigenvalue weighted by Gasteiger charge is -2.22. The summed E-state index contributed by atoms with van der Waals surface area (Å²) in [6.07, 6.45) is 0.120. The van der Waals surface area contributed by atoms with Gasteiger partial charge in [-0.1, -0.05) is 47.5 Å². The van der Waals surface area contributed by atoms with Crippen LogP contribution in [0, 0.1) is 0 Å². The molecule has 0 spiro atoms. The average molecular weight is 412 g/mol. The van der Waals surface area contributed by atoms with E-state index in [2.05, 4.69) is 4.72 Å². The largest absolute Gasteiger partial charge is 0.760 e. The van der Waals surface area contributed by atoms with E-state index >= 15 is 0 Å². The fourth-order valence-corrected chi connectivity index (χ4v) is 4.08. The lowest BCUT2D eigenvalue weighted by Crippen LogP contribution is -2.29. The number of rotatable bonds is 5. The van der Waals surface area contributed by atoms with Gasteiger partial charge in [0.15, 0.2) is 0 Å².